The Morgan fingerprint density at radius 1 is 1.29 bits per heavy atom. The van der Waals surface area contributed by atoms with Gasteiger partial charge in [-0.1, -0.05) is 0 Å². The van der Waals surface area contributed by atoms with Crippen LogP contribution in [-0.2, 0) is 6.54 Å². The number of ether oxygens (including phenoxy) is 2. The van der Waals surface area contributed by atoms with Crippen LogP contribution in [0, 0.1) is 6.92 Å². The molecule has 2 aromatic rings. The van der Waals surface area contributed by atoms with Gasteiger partial charge in [0, 0.05) is 32.5 Å². The van der Waals surface area contributed by atoms with Crippen LogP contribution in [0.4, 0.5) is 5.69 Å². The average molecular weight is 372 g/mol. The molecule has 0 bridgehead atoms. The van der Waals surface area contributed by atoms with Gasteiger partial charge in [0.1, 0.15) is 6.61 Å². The number of rotatable bonds is 7. The Balaban J connectivity index is 2.05. The van der Waals surface area contributed by atoms with Crippen molar-refractivity contribution in [1.82, 2.24) is 0 Å². The van der Waals surface area contributed by atoms with Gasteiger partial charge in [0.15, 0.2) is 11.5 Å². The van der Waals surface area contributed by atoms with Crippen LogP contribution < -0.4 is 14.8 Å². The molecule has 0 spiro atoms. The smallest absolute Gasteiger partial charge is 0.163 e. The van der Waals surface area contributed by atoms with Crippen molar-refractivity contribution in [3.63, 3.8) is 0 Å². The van der Waals surface area contributed by atoms with E-state index in [2.05, 4.69) is 34.2 Å². The average Bonchev–Trinajstić information content (AvgIpc) is 2.81. The second-order valence-corrected chi connectivity index (χ2v) is 6.60. The zero-order valence-corrected chi connectivity index (χ0v) is 14.4. The van der Waals surface area contributed by atoms with Crippen LogP contribution in [0.5, 0.6) is 11.5 Å². The quantitative estimate of drug-likeness (QED) is 0.776. The highest BCUT2D eigenvalue weighted by molar-refractivity contribution is 9.10. The number of hydrogen-bond acceptors (Lipinski definition) is 5. The first kappa shape index (κ1) is 16.1. The number of thiophene rings is 1. The Morgan fingerprint density at radius 3 is 2.71 bits per heavy atom. The van der Waals surface area contributed by atoms with E-state index in [1.165, 1.54) is 9.75 Å². The molecule has 0 amide bonds. The van der Waals surface area contributed by atoms with Crippen LogP contribution in [0.1, 0.15) is 9.75 Å². The maximum absolute atomic E-state index is 8.86. The SMILES string of the molecule is COc1ccc(NCc2cc(Br)c(C)s2)cc1OCCO. The van der Waals surface area contributed by atoms with E-state index >= 15 is 0 Å². The lowest BCUT2D eigenvalue weighted by Gasteiger charge is -2.12. The fraction of sp³-hybridized carbons (Fsp3) is 0.333. The third-order valence-electron chi connectivity index (χ3n) is 2.89. The normalized spacial score (nSPS) is 10.5. The number of benzene rings is 1. The first-order valence-corrected chi connectivity index (χ1v) is 8.15. The van der Waals surface area contributed by atoms with Crippen LogP contribution in [0.25, 0.3) is 0 Å². The van der Waals surface area contributed by atoms with Gasteiger partial charge in [-0.05, 0) is 41.1 Å². The largest absolute Gasteiger partial charge is 0.493 e. The molecule has 0 aliphatic heterocycles. The van der Waals surface area contributed by atoms with Crippen LogP contribution in [-0.4, -0.2) is 25.4 Å². The van der Waals surface area contributed by atoms with E-state index < -0.39 is 0 Å². The molecule has 0 aliphatic rings. The van der Waals surface area contributed by atoms with Crippen LogP contribution in [0.2, 0.25) is 0 Å². The van der Waals surface area contributed by atoms with Gasteiger partial charge >= 0.3 is 0 Å². The molecule has 0 saturated carbocycles. The number of aryl methyl sites for hydroxylation is 1. The Bertz CT molecular complexity index is 581. The molecule has 2 N–H and O–H groups in total. The van der Waals surface area contributed by atoms with Crippen molar-refractivity contribution in [2.45, 2.75) is 13.5 Å². The van der Waals surface area contributed by atoms with Crippen molar-refractivity contribution < 1.29 is 14.6 Å². The van der Waals surface area contributed by atoms with Gasteiger partial charge in [0.05, 0.1) is 13.7 Å². The standard InChI is InChI=1S/C15H18BrNO3S/c1-10-13(16)8-12(21-10)9-17-11-3-4-14(19-2)15(7-11)20-6-5-18/h3-4,7-8,17-18H,5-6,9H2,1-2H3. The molecule has 0 unspecified atom stereocenters. The Kier molecular flexibility index (Phi) is 5.90. The van der Waals surface area contributed by atoms with Crippen LogP contribution >= 0.6 is 27.3 Å². The monoisotopic (exact) mass is 371 g/mol. The van der Waals surface area contributed by atoms with E-state index in [0.717, 1.165) is 16.7 Å². The third-order valence-corrected chi connectivity index (χ3v) is 5.02. The Hall–Kier alpha value is -1.24. The summed E-state index contributed by atoms with van der Waals surface area (Å²) in [5.41, 5.74) is 0.950. The number of aliphatic hydroxyl groups excluding tert-OH is 1. The molecule has 6 heteroatoms. The van der Waals surface area contributed by atoms with Gasteiger partial charge in [-0.25, -0.2) is 0 Å². The van der Waals surface area contributed by atoms with E-state index in [4.69, 9.17) is 14.6 Å². The topological polar surface area (TPSA) is 50.7 Å². The molecule has 0 fully saturated rings. The van der Waals surface area contributed by atoms with Crippen molar-refractivity contribution in [3.8, 4) is 11.5 Å². The molecule has 1 heterocycles. The predicted octanol–water partition coefficient (Wildman–Crippen LogP) is 3.81. The highest BCUT2D eigenvalue weighted by atomic mass is 79.9. The van der Waals surface area contributed by atoms with E-state index in [-0.39, 0.29) is 13.2 Å². The van der Waals surface area contributed by atoms with E-state index in [0.29, 0.717) is 11.5 Å². The minimum atomic E-state index is -0.0245. The van der Waals surface area contributed by atoms with Crippen LogP contribution in [0.3, 0.4) is 0 Å². The summed E-state index contributed by atoms with van der Waals surface area (Å²) in [7, 11) is 1.60. The van der Waals surface area contributed by atoms with Crippen LogP contribution in [0.15, 0.2) is 28.7 Å². The molecule has 4 nitrogen and oxygen atoms in total. The summed E-state index contributed by atoms with van der Waals surface area (Å²) in [4.78, 5) is 2.53. The van der Waals surface area contributed by atoms with E-state index in [1.807, 2.05) is 18.2 Å². The lowest BCUT2D eigenvalue weighted by molar-refractivity contribution is 0.196. The molecular weight excluding hydrogens is 354 g/mol. The molecule has 0 saturated heterocycles. The maximum atomic E-state index is 8.86. The zero-order valence-electron chi connectivity index (χ0n) is 12.0. The lowest BCUT2D eigenvalue weighted by Crippen LogP contribution is -2.04. The predicted molar refractivity (Wildman–Crippen MR) is 89.7 cm³/mol. The second-order valence-electron chi connectivity index (χ2n) is 4.41. The van der Waals surface area contributed by atoms with Gasteiger partial charge < -0.3 is 19.9 Å². The van der Waals surface area contributed by atoms with Gasteiger partial charge in [0.2, 0.25) is 0 Å². The lowest BCUT2D eigenvalue weighted by atomic mass is 10.2. The molecule has 2 rings (SSSR count). The van der Waals surface area contributed by atoms with Crippen molar-refractivity contribution in [3.05, 3.63) is 38.5 Å². The molecule has 0 radical (unpaired) electrons. The highest BCUT2D eigenvalue weighted by Crippen LogP contribution is 2.31. The molecule has 114 valence electrons. The number of nitrogens with one attached hydrogen (secondary N) is 1. The fourth-order valence-electron chi connectivity index (χ4n) is 1.85. The Labute approximate surface area is 136 Å². The molecule has 1 aromatic carbocycles. The summed E-state index contributed by atoms with van der Waals surface area (Å²) >= 11 is 5.28. The fourth-order valence-corrected chi connectivity index (χ4v) is 3.39. The summed E-state index contributed by atoms with van der Waals surface area (Å²) in [6, 6.07) is 7.80. The van der Waals surface area contributed by atoms with Gasteiger partial charge in [-0.15, -0.1) is 11.3 Å². The van der Waals surface area contributed by atoms with Gasteiger partial charge in [0.25, 0.3) is 0 Å². The summed E-state index contributed by atoms with van der Waals surface area (Å²) in [6.45, 7) is 3.07. The zero-order chi connectivity index (χ0) is 15.2. The minimum Gasteiger partial charge on any atom is -0.493 e. The van der Waals surface area contributed by atoms with Crippen molar-refractivity contribution in [1.29, 1.82) is 0 Å². The maximum Gasteiger partial charge on any atom is 0.163 e. The number of halogens is 1. The third kappa shape index (κ3) is 4.36. The number of methoxy groups -OCH3 is 1. The summed E-state index contributed by atoms with van der Waals surface area (Å²) in [5, 5.41) is 12.2. The van der Waals surface area contributed by atoms with Gasteiger partial charge in [-0.2, -0.15) is 0 Å². The van der Waals surface area contributed by atoms with Crippen molar-refractivity contribution >= 4 is 33.0 Å². The molecule has 0 aliphatic carbocycles. The minimum absolute atomic E-state index is 0.0245. The second kappa shape index (κ2) is 7.68. The first-order valence-electron chi connectivity index (χ1n) is 6.54. The molecule has 21 heavy (non-hydrogen) atoms. The van der Waals surface area contributed by atoms with Crippen molar-refractivity contribution in [2.24, 2.45) is 0 Å². The number of hydrogen-bond donors (Lipinski definition) is 2. The molecule has 0 atom stereocenters. The highest BCUT2D eigenvalue weighted by Gasteiger charge is 2.07. The number of aliphatic hydroxyl groups is 1. The van der Waals surface area contributed by atoms with E-state index in [9.17, 15) is 0 Å². The summed E-state index contributed by atoms with van der Waals surface area (Å²) < 4.78 is 11.9. The molecular formula is C15H18BrNO3S. The first-order chi connectivity index (χ1) is 10.1. The van der Waals surface area contributed by atoms with Gasteiger partial charge in [-0.3, -0.25) is 0 Å². The summed E-state index contributed by atoms with van der Waals surface area (Å²) in [5.74, 6) is 1.28. The van der Waals surface area contributed by atoms with E-state index in [1.54, 1.807) is 18.4 Å². The Morgan fingerprint density at radius 2 is 2.10 bits per heavy atom. The summed E-state index contributed by atoms with van der Waals surface area (Å²) in [6.07, 6.45) is 0. The number of anilines is 1. The molecule has 1 aromatic heterocycles. The van der Waals surface area contributed by atoms with Crippen molar-refractivity contribution in [2.75, 3.05) is 25.6 Å².